The molecule has 0 saturated heterocycles. The van der Waals surface area contributed by atoms with Crippen molar-refractivity contribution in [1.82, 2.24) is 10.5 Å². The van der Waals surface area contributed by atoms with Crippen LogP contribution in [-0.2, 0) is 4.84 Å². The van der Waals surface area contributed by atoms with Crippen molar-refractivity contribution in [3.63, 3.8) is 0 Å². The van der Waals surface area contributed by atoms with Crippen molar-refractivity contribution in [2.45, 2.75) is 6.18 Å². The van der Waals surface area contributed by atoms with Gasteiger partial charge in [0.1, 0.15) is 0 Å². The van der Waals surface area contributed by atoms with Gasteiger partial charge in [-0.2, -0.15) is 13.2 Å². The van der Waals surface area contributed by atoms with Gasteiger partial charge in [-0.3, -0.25) is 9.63 Å². The summed E-state index contributed by atoms with van der Waals surface area (Å²) in [7, 11) is 0. The summed E-state index contributed by atoms with van der Waals surface area (Å²) in [6, 6.07) is 3.42. The van der Waals surface area contributed by atoms with Crippen molar-refractivity contribution in [3.8, 4) is 0 Å². The maximum atomic E-state index is 11.9. The molecule has 0 unspecified atom stereocenters. The Kier molecular flexibility index (Phi) is 4.40. The number of alkyl halides is 3. The number of carbonyl (C=O) groups excluding carboxylic acids is 1. The number of benzene rings is 1. The Morgan fingerprint density at radius 1 is 1.30 bits per heavy atom. The van der Waals surface area contributed by atoms with E-state index in [0.29, 0.717) is 10.9 Å². The van der Waals surface area contributed by atoms with Crippen molar-refractivity contribution >= 4 is 48.7 Å². The zero-order valence-electron chi connectivity index (χ0n) is 9.65. The van der Waals surface area contributed by atoms with Gasteiger partial charge in [0.2, 0.25) is 0 Å². The number of H-pyrrole nitrogens is 1. The molecular weight excluding hydrogens is 409 g/mol. The first-order valence-electron chi connectivity index (χ1n) is 5.23. The molecule has 0 radical (unpaired) electrons. The lowest BCUT2D eigenvalue weighted by Gasteiger charge is -2.07. The summed E-state index contributed by atoms with van der Waals surface area (Å²) in [4.78, 5) is 18.7. The Morgan fingerprint density at radius 3 is 2.60 bits per heavy atom. The normalized spacial score (nSPS) is 11.8. The SMILES string of the molecule is O=C(NOCC(F)(F)F)c1c[nH]c2cc(Br)c(Br)cc12. The summed E-state index contributed by atoms with van der Waals surface area (Å²) >= 11 is 6.60. The smallest absolute Gasteiger partial charge is 0.360 e. The van der Waals surface area contributed by atoms with Crippen LogP contribution in [0.25, 0.3) is 10.9 Å². The van der Waals surface area contributed by atoms with Crippen LogP contribution < -0.4 is 5.48 Å². The minimum absolute atomic E-state index is 0.190. The lowest BCUT2D eigenvalue weighted by atomic mass is 10.2. The quantitative estimate of drug-likeness (QED) is 0.746. The average molecular weight is 416 g/mol. The van der Waals surface area contributed by atoms with Gasteiger partial charge >= 0.3 is 6.18 Å². The lowest BCUT2D eigenvalue weighted by Crippen LogP contribution is -2.29. The topological polar surface area (TPSA) is 54.1 Å². The largest absolute Gasteiger partial charge is 0.414 e. The molecule has 0 aliphatic heterocycles. The Balaban J connectivity index is 2.16. The predicted molar refractivity (Wildman–Crippen MR) is 73.2 cm³/mol. The maximum Gasteiger partial charge on any atom is 0.414 e. The van der Waals surface area contributed by atoms with E-state index >= 15 is 0 Å². The van der Waals surface area contributed by atoms with E-state index in [4.69, 9.17) is 0 Å². The van der Waals surface area contributed by atoms with Crippen molar-refractivity contribution in [2.24, 2.45) is 0 Å². The van der Waals surface area contributed by atoms with Gasteiger partial charge in [0.25, 0.3) is 5.91 Å². The molecular formula is C11H7Br2F3N2O2. The fraction of sp³-hybridized carbons (Fsp3) is 0.182. The highest BCUT2D eigenvalue weighted by atomic mass is 79.9. The summed E-state index contributed by atoms with van der Waals surface area (Å²) < 4.78 is 37.2. The monoisotopic (exact) mass is 414 g/mol. The highest BCUT2D eigenvalue weighted by Gasteiger charge is 2.28. The van der Waals surface area contributed by atoms with Gasteiger partial charge in [0.05, 0.1) is 5.56 Å². The summed E-state index contributed by atoms with van der Waals surface area (Å²) in [5.41, 5.74) is 2.62. The van der Waals surface area contributed by atoms with Gasteiger partial charge < -0.3 is 4.98 Å². The van der Waals surface area contributed by atoms with E-state index < -0.39 is 18.7 Å². The van der Waals surface area contributed by atoms with E-state index in [1.54, 1.807) is 17.6 Å². The van der Waals surface area contributed by atoms with Crippen molar-refractivity contribution in [3.05, 3.63) is 32.8 Å². The molecule has 0 aliphatic rings. The van der Waals surface area contributed by atoms with Crippen LogP contribution in [0.1, 0.15) is 10.4 Å². The van der Waals surface area contributed by atoms with Crippen LogP contribution in [0.5, 0.6) is 0 Å². The van der Waals surface area contributed by atoms with Gasteiger partial charge in [-0.05, 0) is 44.0 Å². The van der Waals surface area contributed by atoms with Crippen molar-refractivity contribution in [2.75, 3.05) is 6.61 Å². The summed E-state index contributed by atoms with van der Waals surface area (Å²) in [6.45, 7) is -1.55. The Morgan fingerprint density at radius 2 is 1.95 bits per heavy atom. The van der Waals surface area contributed by atoms with E-state index in [-0.39, 0.29) is 5.56 Å². The van der Waals surface area contributed by atoms with Crippen LogP contribution in [0.4, 0.5) is 13.2 Å². The molecule has 0 aliphatic carbocycles. The van der Waals surface area contributed by atoms with Gasteiger partial charge in [-0.1, -0.05) is 0 Å². The number of fused-ring (bicyclic) bond motifs is 1. The maximum absolute atomic E-state index is 11.9. The van der Waals surface area contributed by atoms with Gasteiger partial charge in [0.15, 0.2) is 6.61 Å². The van der Waals surface area contributed by atoms with E-state index in [2.05, 4.69) is 41.7 Å². The number of carbonyl (C=O) groups is 1. The molecule has 0 atom stereocenters. The van der Waals surface area contributed by atoms with E-state index in [1.807, 2.05) is 0 Å². The molecule has 1 amide bonds. The van der Waals surface area contributed by atoms with Crippen LogP contribution in [-0.4, -0.2) is 23.7 Å². The zero-order chi connectivity index (χ0) is 14.9. The number of rotatable bonds is 3. The second-order valence-electron chi connectivity index (χ2n) is 3.85. The predicted octanol–water partition coefficient (Wildman–Crippen LogP) is 3.92. The number of nitrogens with one attached hydrogen (secondary N) is 2. The Bertz CT molecular complexity index is 655. The van der Waals surface area contributed by atoms with Gasteiger partial charge in [0, 0.05) is 26.0 Å². The van der Waals surface area contributed by atoms with Crippen LogP contribution in [0.3, 0.4) is 0 Å². The third-order valence-electron chi connectivity index (χ3n) is 2.37. The second-order valence-corrected chi connectivity index (χ2v) is 5.56. The third-order valence-corrected chi connectivity index (χ3v) is 4.21. The molecule has 2 N–H and O–H groups in total. The molecule has 108 valence electrons. The first kappa shape index (κ1) is 15.3. The Labute approximate surface area is 127 Å². The number of hydrogen-bond acceptors (Lipinski definition) is 2. The standard InChI is InChI=1S/C11H7Br2F3N2O2/c12-7-1-5-6(3-17-9(5)2-8(7)13)10(19)18-20-4-11(14,15)16/h1-3,17H,4H2,(H,18,19). The van der Waals surface area contributed by atoms with Crippen LogP contribution in [0, 0.1) is 0 Å². The molecule has 9 heteroatoms. The number of hydroxylamine groups is 1. The molecule has 20 heavy (non-hydrogen) atoms. The molecule has 1 heterocycles. The molecule has 1 aromatic heterocycles. The molecule has 2 rings (SSSR count). The second kappa shape index (κ2) is 5.74. The van der Waals surface area contributed by atoms with E-state index in [1.165, 1.54) is 6.20 Å². The van der Waals surface area contributed by atoms with Crippen molar-refractivity contribution in [1.29, 1.82) is 0 Å². The number of aromatic amines is 1. The number of amides is 1. The third kappa shape index (κ3) is 3.53. The molecule has 0 spiro atoms. The highest BCUT2D eigenvalue weighted by Crippen LogP contribution is 2.30. The van der Waals surface area contributed by atoms with E-state index in [9.17, 15) is 18.0 Å². The minimum Gasteiger partial charge on any atom is -0.360 e. The van der Waals surface area contributed by atoms with Crippen LogP contribution in [0.15, 0.2) is 27.3 Å². The zero-order valence-corrected chi connectivity index (χ0v) is 12.8. The lowest BCUT2D eigenvalue weighted by molar-refractivity contribution is -0.184. The molecule has 1 aromatic carbocycles. The van der Waals surface area contributed by atoms with Crippen LogP contribution >= 0.6 is 31.9 Å². The average Bonchev–Trinajstić information content (AvgIpc) is 2.71. The molecule has 4 nitrogen and oxygen atoms in total. The minimum atomic E-state index is -4.50. The number of aromatic nitrogens is 1. The van der Waals surface area contributed by atoms with Crippen molar-refractivity contribution < 1.29 is 22.8 Å². The molecule has 0 saturated carbocycles. The number of hydrogen-bond donors (Lipinski definition) is 2. The summed E-state index contributed by atoms with van der Waals surface area (Å²) in [5.74, 6) is -0.755. The summed E-state index contributed by atoms with van der Waals surface area (Å²) in [5, 5.41) is 0.563. The fourth-order valence-corrected chi connectivity index (χ4v) is 2.23. The van der Waals surface area contributed by atoms with Gasteiger partial charge in [-0.15, -0.1) is 0 Å². The first-order chi connectivity index (χ1) is 9.28. The molecule has 0 fully saturated rings. The van der Waals surface area contributed by atoms with Crippen LogP contribution in [0.2, 0.25) is 0 Å². The first-order valence-corrected chi connectivity index (χ1v) is 6.81. The Hall–Kier alpha value is -1.06. The van der Waals surface area contributed by atoms with Gasteiger partial charge in [-0.25, -0.2) is 5.48 Å². The summed E-state index contributed by atoms with van der Waals surface area (Å²) in [6.07, 6.45) is -3.10. The molecule has 0 bridgehead atoms. The molecule has 2 aromatic rings. The fourth-order valence-electron chi connectivity index (χ4n) is 1.54. The van der Waals surface area contributed by atoms with E-state index in [0.717, 1.165) is 8.95 Å². The highest BCUT2D eigenvalue weighted by molar-refractivity contribution is 9.13. The number of halogens is 5.